The number of fused-ring (bicyclic) bond motifs is 3. The second-order valence-corrected chi connectivity index (χ2v) is 4.24. The number of aromatic amines is 1. The van der Waals surface area contributed by atoms with Gasteiger partial charge in [0, 0.05) is 6.07 Å². The van der Waals surface area contributed by atoms with E-state index in [9.17, 15) is 4.79 Å². The molecule has 1 N–H and O–H groups in total. The van der Waals surface area contributed by atoms with Crippen molar-refractivity contribution in [2.24, 2.45) is 0 Å². The fourth-order valence-corrected chi connectivity index (χ4v) is 1.99. The molecule has 0 amide bonds. The van der Waals surface area contributed by atoms with E-state index in [1.165, 1.54) is 11.6 Å². The third kappa shape index (κ3) is 1.85. The summed E-state index contributed by atoms with van der Waals surface area (Å²) in [6.07, 6.45) is 0.872. The Balaban J connectivity index is 2.32. The van der Waals surface area contributed by atoms with Crippen molar-refractivity contribution in [1.29, 1.82) is 0 Å². The first-order valence-electron chi connectivity index (χ1n) is 6.19. The predicted molar refractivity (Wildman–Crippen MR) is 71.2 cm³/mol. The Hall–Kier alpha value is -2.64. The first-order chi connectivity index (χ1) is 9.74. The largest absolute Gasteiger partial charge is 0.493 e. The van der Waals surface area contributed by atoms with Gasteiger partial charge in [0.05, 0.1) is 24.6 Å². The van der Waals surface area contributed by atoms with Gasteiger partial charge in [-0.15, -0.1) is 0 Å². The van der Waals surface area contributed by atoms with Gasteiger partial charge in [0.15, 0.2) is 11.5 Å². The lowest BCUT2D eigenvalue weighted by Gasteiger charge is -2.11. The number of hydrogen-bond acceptors (Lipinski definition) is 6. The lowest BCUT2D eigenvalue weighted by molar-refractivity contribution is 0.295. The van der Waals surface area contributed by atoms with Crippen LogP contribution in [0.3, 0.4) is 0 Å². The van der Waals surface area contributed by atoms with Crippen LogP contribution in [0.5, 0.6) is 11.5 Å². The molecule has 0 aliphatic carbocycles. The van der Waals surface area contributed by atoms with Crippen LogP contribution in [0.2, 0.25) is 0 Å². The van der Waals surface area contributed by atoms with E-state index in [4.69, 9.17) is 9.47 Å². The highest BCUT2D eigenvalue weighted by Crippen LogP contribution is 2.31. The zero-order valence-electron chi connectivity index (χ0n) is 11.1. The zero-order valence-corrected chi connectivity index (χ0v) is 11.1. The van der Waals surface area contributed by atoms with Crippen LogP contribution in [0.1, 0.15) is 13.3 Å². The fraction of sp³-hybridized carbons (Fsp3) is 0.333. The highest BCUT2D eigenvalue weighted by molar-refractivity contribution is 5.83. The highest BCUT2D eigenvalue weighted by Gasteiger charge is 2.13. The molecular weight excluding hydrogens is 262 g/mol. The Labute approximate surface area is 113 Å². The summed E-state index contributed by atoms with van der Waals surface area (Å²) in [4.78, 5) is 14.6. The summed E-state index contributed by atoms with van der Waals surface area (Å²) in [6, 6.07) is 3.34. The molecule has 3 rings (SSSR count). The monoisotopic (exact) mass is 275 g/mol. The number of methoxy groups -OCH3 is 1. The van der Waals surface area contributed by atoms with E-state index in [0.29, 0.717) is 29.0 Å². The molecule has 0 aliphatic rings. The Bertz CT molecular complexity index is 823. The van der Waals surface area contributed by atoms with Crippen LogP contribution in [0, 0.1) is 0 Å². The average Bonchev–Trinajstić information content (AvgIpc) is 2.92. The summed E-state index contributed by atoms with van der Waals surface area (Å²) in [5.41, 5.74) is 0.295. The molecule has 0 atom stereocenters. The van der Waals surface area contributed by atoms with Crippen LogP contribution >= 0.6 is 0 Å². The average molecular weight is 275 g/mol. The van der Waals surface area contributed by atoms with Gasteiger partial charge in [-0.25, -0.2) is 0 Å². The summed E-state index contributed by atoms with van der Waals surface area (Å²) in [7, 11) is 1.53. The molecule has 2 aromatic heterocycles. The SMILES string of the molecule is CCCOc1cc2c(cc1OC)c(=O)[nH]c1nnnn12. The number of tetrazole rings is 1. The molecular formula is C12H13N5O3. The first kappa shape index (κ1) is 12.4. The third-order valence-electron chi connectivity index (χ3n) is 2.91. The van der Waals surface area contributed by atoms with E-state index in [1.807, 2.05) is 6.92 Å². The molecule has 0 saturated heterocycles. The van der Waals surface area contributed by atoms with E-state index < -0.39 is 0 Å². The Kier molecular flexibility index (Phi) is 2.97. The number of H-pyrrole nitrogens is 1. The normalized spacial score (nSPS) is 11.1. The van der Waals surface area contributed by atoms with Gasteiger partial charge < -0.3 is 9.47 Å². The Morgan fingerprint density at radius 2 is 2.20 bits per heavy atom. The number of nitrogens with one attached hydrogen (secondary N) is 1. The van der Waals surface area contributed by atoms with Crippen molar-refractivity contribution in [3.8, 4) is 11.5 Å². The minimum absolute atomic E-state index is 0.275. The second-order valence-electron chi connectivity index (χ2n) is 4.24. The first-order valence-corrected chi connectivity index (χ1v) is 6.19. The molecule has 0 aliphatic heterocycles. The number of ether oxygens (including phenoxy) is 2. The molecule has 8 nitrogen and oxygen atoms in total. The van der Waals surface area contributed by atoms with Crippen molar-refractivity contribution >= 4 is 16.7 Å². The summed E-state index contributed by atoms with van der Waals surface area (Å²) >= 11 is 0. The Morgan fingerprint density at radius 3 is 2.95 bits per heavy atom. The lowest BCUT2D eigenvalue weighted by Crippen LogP contribution is -2.11. The highest BCUT2D eigenvalue weighted by atomic mass is 16.5. The van der Waals surface area contributed by atoms with Crippen LogP contribution in [-0.4, -0.2) is 38.7 Å². The Morgan fingerprint density at radius 1 is 1.35 bits per heavy atom. The van der Waals surface area contributed by atoms with Crippen molar-refractivity contribution < 1.29 is 9.47 Å². The lowest BCUT2D eigenvalue weighted by atomic mass is 10.2. The topological polar surface area (TPSA) is 94.4 Å². The van der Waals surface area contributed by atoms with Crippen LogP contribution in [-0.2, 0) is 0 Å². The molecule has 0 radical (unpaired) electrons. The molecule has 8 heteroatoms. The minimum Gasteiger partial charge on any atom is -0.493 e. The van der Waals surface area contributed by atoms with Gasteiger partial charge in [-0.2, -0.15) is 4.52 Å². The summed E-state index contributed by atoms with van der Waals surface area (Å²) in [5.74, 6) is 1.35. The van der Waals surface area contributed by atoms with Gasteiger partial charge in [-0.3, -0.25) is 9.78 Å². The summed E-state index contributed by atoms with van der Waals surface area (Å²) in [5, 5.41) is 11.6. The molecule has 0 fully saturated rings. The van der Waals surface area contributed by atoms with Crippen molar-refractivity contribution in [1.82, 2.24) is 25.0 Å². The van der Waals surface area contributed by atoms with Gasteiger partial charge in [0.25, 0.3) is 11.3 Å². The van der Waals surface area contributed by atoms with Crippen molar-refractivity contribution in [2.45, 2.75) is 13.3 Å². The quantitative estimate of drug-likeness (QED) is 0.755. The van der Waals surface area contributed by atoms with E-state index in [-0.39, 0.29) is 11.3 Å². The molecule has 0 bridgehead atoms. The molecule has 3 aromatic rings. The fourth-order valence-electron chi connectivity index (χ4n) is 1.99. The van der Waals surface area contributed by atoms with Crippen molar-refractivity contribution in [3.63, 3.8) is 0 Å². The van der Waals surface area contributed by atoms with E-state index in [0.717, 1.165) is 6.42 Å². The number of rotatable bonds is 4. The van der Waals surface area contributed by atoms with Crippen molar-refractivity contribution in [2.75, 3.05) is 13.7 Å². The van der Waals surface area contributed by atoms with Gasteiger partial charge in [0.1, 0.15) is 0 Å². The van der Waals surface area contributed by atoms with Crippen LogP contribution in [0.4, 0.5) is 0 Å². The maximum absolute atomic E-state index is 12.0. The molecule has 20 heavy (non-hydrogen) atoms. The standard InChI is InChI=1S/C12H13N5O3/c1-3-4-20-10-6-8-7(5-9(10)19-2)11(18)13-12-14-15-16-17(8)12/h5-6H,3-4H2,1-2H3,(H,13,14,16,18). The number of benzene rings is 1. The molecule has 0 spiro atoms. The number of aromatic nitrogens is 5. The van der Waals surface area contributed by atoms with Crippen LogP contribution in [0.15, 0.2) is 16.9 Å². The molecule has 0 unspecified atom stereocenters. The van der Waals surface area contributed by atoms with Crippen LogP contribution in [0.25, 0.3) is 16.7 Å². The smallest absolute Gasteiger partial charge is 0.260 e. The molecule has 1 aromatic carbocycles. The molecule has 2 heterocycles. The van der Waals surface area contributed by atoms with Crippen LogP contribution < -0.4 is 15.0 Å². The number of hydrogen-bond donors (Lipinski definition) is 1. The van der Waals surface area contributed by atoms with E-state index in [2.05, 4.69) is 20.5 Å². The maximum Gasteiger partial charge on any atom is 0.260 e. The summed E-state index contributed by atoms with van der Waals surface area (Å²) < 4.78 is 12.3. The van der Waals surface area contributed by atoms with Gasteiger partial charge >= 0.3 is 0 Å². The predicted octanol–water partition coefficient (Wildman–Crippen LogP) is 0.763. The zero-order chi connectivity index (χ0) is 14.1. The van der Waals surface area contributed by atoms with Gasteiger partial charge in [-0.05, 0) is 22.9 Å². The minimum atomic E-state index is -0.275. The second kappa shape index (κ2) is 4.80. The summed E-state index contributed by atoms with van der Waals surface area (Å²) in [6.45, 7) is 2.57. The van der Waals surface area contributed by atoms with Gasteiger partial charge in [0.2, 0.25) is 0 Å². The van der Waals surface area contributed by atoms with E-state index >= 15 is 0 Å². The maximum atomic E-state index is 12.0. The van der Waals surface area contributed by atoms with Gasteiger partial charge in [-0.1, -0.05) is 12.0 Å². The van der Waals surface area contributed by atoms with Crippen molar-refractivity contribution in [3.05, 3.63) is 22.5 Å². The number of nitrogens with zero attached hydrogens (tertiary/aromatic N) is 4. The third-order valence-corrected chi connectivity index (χ3v) is 2.91. The molecule has 0 saturated carbocycles. The van der Waals surface area contributed by atoms with E-state index in [1.54, 1.807) is 12.1 Å². The molecule has 104 valence electrons.